The summed E-state index contributed by atoms with van der Waals surface area (Å²) >= 11 is 0. The van der Waals surface area contributed by atoms with Crippen molar-refractivity contribution in [1.29, 1.82) is 0 Å². The first-order valence-corrected chi connectivity index (χ1v) is 8.60. The Kier molecular flexibility index (Phi) is 5.33. The van der Waals surface area contributed by atoms with Crippen molar-refractivity contribution in [2.45, 2.75) is 37.9 Å². The Labute approximate surface area is 144 Å². The van der Waals surface area contributed by atoms with Crippen molar-refractivity contribution in [1.82, 2.24) is 20.0 Å². The smallest absolute Gasteiger partial charge is 0.379 e. The number of aromatic nitrogens is 2. The highest BCUT2D eigenvalue weighted by Crippen LogP contribution is 2.42. The van der Waals surface area contributed by atoms with Crippen LogP contribution in [0.1, 0.15) is 43.1 Å². The largest absolute Gasteiger partial charge is 0.435 e. The topological polar surface area (TPSA) is 59.4 Å². The van der Waals surface area contributed by atoms with E-state index >= 15 is 0 Å². The van der Waals surface area contributed by atoms with E-state index in [9.17, 15) is 18.0 Å². The molecule has 1 aliphatic carbocycles. The Bertz CT molecular complexity index is 607. The van der Waals surface area contributed by atoms with Crippen molar-refractivity contribution in [2.24, 2.45) is 0 Å². The van der Waals surface area contributed by atoms with E-state index in [1.807, 2.05) is 0 Å². The van der Waals surface area contributed by atoms with Gasteiger partial charge in [0.25, 0.3) is 0 Å². The number of amides is 1. The lowest BCUT2D eigenvalue weighted by atomic mass is 10.2. The lowest BCUT2D eigenvalue weighted by Gasteiger charge is -2.26. The van der Waals surface area contributed by atoms with Gasteiger partial charge in [0, 0.05) is 37.8 Å². The zero-order valence-corrected chi connectivity index (χ0v) is 14.2. The van der Waals surface area contributed by atoms with Crippen LogP contribution in [0, 0.1) is 0 Å². The molecule has 0 bridgehead atoms. The van der Waals surface area contributed by atoms with Crippen molar-refractivity contribution >= 4 is 5.91 Å². The molecule has 2 aliphatic rings. The predicted molar refractivity (Wildman–Crippen MR) is 84.2 cm³/mol. The molecule has 1 aliphatic heterocycles. The van der Waals surface area contributed by atoms with Gasteiger partial charge in [-0.1, -0.05) is 0 Å². The lowest BCUT2D eigenvalue weighted by Crippen LogP contribution is -2.42. The van der Waals surface area contributed by atoms with Gasteiger partial charge in [-0.3, -0.25) is 14.4 Å². The van der Waals surface area contributed by atoms with Gasteiger partial charge in [-0.2, -0.15) is 18.3 Å². The van der Waals surface area contributed by atoms with E-state index in [0.717, 1.165) is 32.0 Å². The highest BCUT2D eigenvalue weighted by molar-refractivity contribution is 5.79. The van der Waals surface area contributed by atoms with E-state index in [4.69, 9.17) is 4.74 Å². The van der Waals surface area contributed by atoms with Gasteiger partial charge in [0.2, 0.25) is 5.91 Å². The van der Waals surface area contributed by atoms with Crippen LogP contribution in [-0.4, -0.2) is 60.0 Å². The molecule has 1 aromatic rings. The molecule has 0 spiro atoms. The van der Waals surface area contributed by atoms with Gasteiger partial charge >= 0.3 is 6.18 Å². The number of halogens is 3. The molecule has 2 heterocycles. The van der Waals surface area contributed by atoms with E-state index in [1.54, 1.807) is 6.92 Å². The Morgan fingerprint density at radius 1 is 1.40 bits per heavy atom. The molecule has 140 valence electrons. The molecule has 1 aromatic heterocycles. The zero-order chi connectivity index (χ0) is 18.0. The van der Waals surface area contributed by atoms with Gasteiger partial charge in [0.1, 0.15) is 6.04 Å². The maximum atomic E-state index is 12.9. The van der Waals surface area contributed by atoms with Gasteiger partial charge in [-0.05, 0) is 25.8 Å². The number of nitrogens with one attached hydrogen (secondary N) is 1. The van der Waals surface area contributed by atoms with E-state index in [2.05, 4.69) is 15.3 Å². The number of hydrogen-bond donors (Lipinski definition) is 1. The van der Waals surface area contributed by atoms with Gasteiger partial charge in [-0.25, -0.2) is 0 Å². The van der Waals surface area contributed by atoms with Crippen molar-refractivity contribution in [3.63, 3.8) is 0 Å². The number of rotatable bonds is 6. The number of hydrogen-bond acceptors (Lipinski definition) is 4. The molecule has 1 saturated heterocycles. The molecule has 1 unspecified atom stereocenters. The summed E-state index contributed by atoms with van der Waals surface area (Å²) in [5, 5.41) is 6.46. The van der Waals surface area contributed by atoms with Gasteiger partial charge in [0.05, 0.1) is 13.2 Å². The Morgan fingerprint density at radius 3 is 2.68 bits per heavy atom. The summed E-state index contributed by atoms with van der Waals surface area (Å²) in [4.78, 5) is 14.5. The average molecular weight is 360 g/mol. The monoisotopic (exact) mass is 360 g/mol. The first kappa shape index (κ1) is 18.2. The standard InChI is InChI=1S/C16H23F3N4O2/c1-11(15(24)20-4-5-22-6-8-25-9-7-22)23-13(12-2-3-12)10-14(21-23)16(17,18)19/h10-12H,2-9H2,1H3,(H,20,24). The first-order chi connectivity index (χ1) is 11.9. The SMILES string of the molecule is CC(C(=O)NCCN1CCOCC1)n1nc(C(F)(F)F)cc1C1CC1. The second-order valence-corrected chi connectivity index (χ2v) is 6.59. The van der Waals surface area contributed by atoms with Crippen LogP contribution in [0.5, 0.6) is 0 Å². The quantitative estimate of drug-likeness (QED) is 0.840. The van der Waals surface area contributed by atoms with E-state index in [-0.39, 0.29) is 11.8 Å². The number of ether oxygens (including phenoxy) is 1. The van der Waals surface area contributed by atoms with E-state index < -0.39 is 17.9 Å². The molecule has 2 fully saturated rings. The van der Waals surface area contributed by atoms with E-state index in [0.29, 0.717) is 32.0 Å². The Hall–Kier alpha value is -1.61. The van der Waals surface area contributed by atoms with Crippen LogP contribution in [-0.2, 0) is 15.7 Å². The maximum absolute atomic E-state index is 12.9. The summed E-state index contributed by atoms with van der Waals surface area (Å²) in [6, 6.07) is 0.311. The summed E-state index contributed by atoms with van der Waals surface area (Å²) in [6.45, 7) is 5.75. The molecule has 1 N–H and O–H groups in total. The highest BCUT2D eigenvalue weighted by atomic mass is 19.4. The van der Waals surface area contributed by atoms with Crippen LogP contribution in [0.2, 0.25) is 0 Å². The third kappa shape index (κ3) is 4.52. The Balaban J connectivity index is 1.60. The third-order valence-electron chi connectivity index (χ3n) is 4.63. The summed E-state index contributed by atoms with van der Waals surface area (Å²) in [5.41, 5.74) is -0.425. The van der Waals surface area contributed by atoms with Gasteiger partial charge in [0.15, 0.2) is 5.69 Å². The van der Waals surface area contributed by atoms with Crippen LogP contribution < -0.4 is 5.32 Å². The molecule has 1 atom stereocenters. The van der Waals surface area contributed by atoms with Gasteiger partial charge in [-0.15, -0.1) is 0 Å². The molecule has 0 radical (unpaired) electrons. The minimum atomic E-state index is -4.50. The molecular weight excluding hydrogens is 337 g/mol. The van der Waals surface area contributed by atoms with Crippen molar-refractivity contribution in [3.8, 4) is 0 Å². The van der Waals surface area contributed by atoms with Crippen LogP contribution in [0.25, 0.3) is 0 Å². The summed E-state index contributed by atoms with van der Waals surface area (Å²) in [5.74, 6) is -0.237. The number of nitrogens with zero attached hydrogens (tertiary/aromatic N) is 3. The molecule has 6 nitrogen and oxygen atoms in total. The van der Waals surface area contributed by atoms with Crippen molar-refractivity contribution < 1.29 is 22.7 Å². The van der Waals surface area contributed by atoms with E-state index in [1.165, 1.54) is 4.68 Å². The number of carbonyl (C=O) groups excluding carboxylic acids is 1. The summed E-state index contributed by atoms with van der Waals surface area (Å²) in [6.07, 6.45) is -2.82. The number of carbonyl (C=O) groups is 1. The van der Waals surface area contributed by atoms with Crippen molar-refractivity contribution in [2.75, 3.05) is 39.4 Å². The molecule has 25 heavy (non-hydrogen) atoms. The highest BCUT2D eigenvalue weighted by Gasteiger charge is 2.39. The van der Waals surface area contributed by atoms with Crippen LogP contribution in [0.4, 0.5) is 13.2 Å². The first-order valence-electron chi connectivity index (χ1n) is 8.60. The maximum Gasteiger partial charge on any atom is 0.435 e. The Morgan fingerprint density at radius 2 is 2.08 bits per heavy atom. The fourth-order valence-corrected chi connectivity index (χ4v) is 2.96. The predicted octanol–water partition coefficient (Wildman–Crippen LogP) is 1.79. The molecule has 0 aromatic carbocycles. The van der Waals surface area contributed by atoms with Crippen LogP contribution >= 0.6 is 0 Å². The van der Waals surface area contributed by atoms with Crippen molar-refractivity contribution in [3.05, 3.63) is 17.5 Å². The second-order valence-electron chi connectivity index (χ2n) is 6.59. The van der Waals surface area contributed by atoms with Crippen LogP contribution in [0.3, 0.4) is 0 Å². The molecule has 3 rings (SSSR count). The fraction of sp³-hybridized carbons (Fsp3) is 0.750. The second kappa shape index (κ2) is 7.33. The molecule has 9 heteroatoms. The van der Waals surface area contributed by atoms with Crippen LogP contribution in [0.15, 0.2) is 6.07 Å². The fourth-order valence-electron chi connectivity index (χ4n) is 2.96. The molecular formula is C16H23F3N4O2. The average Bonchev–Trinajstić information content (AvgIpc) is 3.32. The summed E-state index contributed by atoms with van der Waals surface area (Å²) < 4.78 is 45.3. The normalized spacial score (nSPS) is 20.5. The van der Waals surface area contributed by atoms with Gasteiger partial charge < -0.3 is 10.1 Å². The molecule has 1 amide bonds. The lowest BCUT2D eigenvalue weighted by molar-refractivity contribution is -0.142. The minimum absolute atomic E-state index is 0.0761. The minimum Gasteiger partial charge on any atom is -0.379 e. The zero-order valence-electron chi connectivity index (χ0n) is 14.2. The number of alkyl halides is 3. The summed E-state index contributed by atoms with van der Waals surface area (Å²) in [7, 11) is 0. The number of morpholine rings is 1. The third-order valence-corrected chi connectivity index (χ3v) is 4.63. The molecule has 1 saturated carbocycles.